The average molecular weight is 319 g/mol. The molecule has 0 saturated heterocycles. The van der Waals surface area contributed by atoms with Crippen LogP contribution >= 0.6 is 11.3 Å². The van der Waals surface area contributed by atoms with Crippen molar-refractivity contribution < 1.29 is 14.6 Å². The first kappa shape index (κ1) is 15.3. The number of benzene rings is 1. The van der Waals surface area contributed by atoms with Gasteiger partial charge in [0.25, 0.3) is 5.91 Å². The number of aryl methyl sites for hydroxylation is 1. The molecule has 1 amide bonds. The second kappa shape index (κ2) is 6.26. The maximum absolute atomic E-state index is 12.6. The quantitative estimate of drug-likeness (QED) is 0.913. The van der Waals surface area contributed by atoms with E-state index in [1.54, 1.807) is 7.11 Å². The monoisotopic (exact) mass is 319 g/mol. The van der Waals surface area contributed by atoms with E-state index in [4.69, 9.17) is 4.74 Å². The Hall–Kier alpha value is -1.59. The third-order valence-corrected chi connectivity index (χ3v) is 5.67. The molecule has 1 saturated carbocycles. The third kappa shape index (κ3) is 2.83. The maximum Gasteiger partial charge on any atom is 0.261 e. The van der Waals surface area contributed by atoms with E-state index in [0.29, 0.717) is 0 Å². The molecule has 1 aliphatic carbocycles. The van der Waals surface area contributed by atoms with Crippen molar-refractivity contribution in [3.63, 3.8) is 0 Å². The summed E-state index contributed by atoms with van der Waals surface area (Å²) in [6.07, 6.45) is 3.30. The summed E-state index contributed by atoms with van der Waals surface area (Å²) in [6, 6.07) is 5.73. The van der Waals surface area contributed by atoms with E-state index in [1.807, 2.05) is 25.1 Å². The Morgan fingerprint density at radius 3 is 2.86 bits per heavy atom. The Kier molecular flexibility index (Phi) is 4.36. The van der Waals surface area contributed by atoms with E-state index in [2.05, 4.69) is 5.32 Å². The summed E-state index contributed by atoms with van der Waals surface area (Å²) in [5.74, 6) is 0.715. The van der Waals surface area contributed by atoms with Gasteiger partial charge in [-0.2, -0.15) is 0 Å². The third-order valence-electron chi connectivity index (χ3n) is 4.40. The van der Waals surface area contributed by atoms with Gasteiger partial charge in [0.2, 0.25) is 0 Å². The number of nitrogens with one attached hydrogen (secondary N) is 1. The van der Waals surface area contributed by atoms with E-state index < -0.39 is 6.10 Å². The molecule has 0 aliphatic heterocycles. The molecular formula is C17H21NO3S. The minimum absolute atomic E-state index is 0.0800. The molecule has 118 valence electrons. The highest BCUT2D eigenvalue weighted by Crippen LogP contribution is 2.33. The predicted octanol–water partition coefficient (Wildman–Crippen LogP) is 3.25. The van der Waals surface area contributed by atoms with Crippen LogP contribution in [0.2, 0.25) is 0 Å². The van der Waals surface area contributed by atoms with Crippen LogP contribution in [0.25, 0.3) is 10.1 Å². The number of hydrogen-bond acceptors (Lipinski definition) is 4. The lowest BCUT2D eigenvalue weighted by Gasteiger charge is -2.28. The van der Waals surface area contributed by atoms with Crippen LogP contribution in [0, 0.1) is 6.92 Å². The fraction of sp³-hybridized carbons (Fsp3) is 0.471. The average Bonchev–Trinajstić information content (AvgIpc) is 2.86. The minimum Gasteiger partial charge on any atom is -0.497 e. The topological polar surface area (TPSA) is 58.6 Å². The van der Waals surface area contributed by atoms with Gasteiger partial charge in [0, 0.05) is 4.70 Å². The molecule has 3 rings (SSSR count). The smallest absolute Gasteiger partial charge is 0.261 e. The van der Waals surface area contributed by atoms with Crippen LogP contribution in [0.5, 0.6) is 5.75 Å². The van der Waals surface area contributed by atoms with Gasteiger partial charge in [-0.1, -0.05) is 12.8 Å². The Labute approximate surface area is 134 Å². The molecule has 0 bridgehead atoms. The Morgan fingerprint density at radius 1 is 1.36 bits per heavy atom. The number of thiophene rings is 1. The summed E-state index contributed by atoms with van der Waals surface area (Å²) in [7, 11) is 1.64. The van der Waals surface area contributed by atoms with Crippen molar-refractivity contribution in [2.75, 3.05) is 7.11 Å². The van der Waals surface area contributed by atoms with Crippen molar-refractivity contribution in [2.45, 2.75) is 44.8 Å². The molecule has 0 spiro atoms. The van der Waals surface area contributed by atoms with Gasteiger partial charge in [-0.05, 0) is 48.9 Å². The molecule has 1 fully saturated rings. The fourth-order valence-corrected chi connectivity index (χ4v) is 4.15. The largest absolute Gasteiger partial charge is 0.497 e. The molecule has 1 aromatic heterocycles. The predicted molar refractivity (Wildman–Crippen MR) is 88.8 cm³/mol. The molecule has 1 heterocycles. The van der Waals surface area contributed by atoms with E-state index in [-0.39, 0.29) is 11.9 Å². The summed E-state index contributed by atoms with van der Waals surface area (Å²) in [5.41, 5.74) is 0.974. The molecule has 1 aromatic carbocycles. The number of carbonyl (C=O) groups is 1. The van der Waals surface area contributed by atoms with Crippen molar-refractivity contribution in [1.82, 2.24) is 5.32 Å². The first-order chi connectivity index (χ1) is 10.6. The Bertz CT molecular complexity index is 695. The molecule has 4 nitrogen and oxygen atoms in total. The second-order valence-corrected chi connectivity index (χ2v) is 6.90. The number of ether oxygens (including phenoxy) is 1. The van der Waals surface area contributed by atoms with Gasteiger partial charge in [0.1, 0.15) is 5.75 Å². The first-order valence-corrected chi connectivity index (χ1v) is 8.48. The number of carbonyl (C=O) groups excluding carboxylic acids is 1. The summed E-state index contributed by atoms with van der Waals surface area (Å²) in [5, 5.41) is 14.1. The molecule has 2 atom stereocenters. The highest BCUT2D eigenvalue weighted by atomic mass is 32.1. The zero-order valence-corrected chi connectivity index (χ0v) is 13.7. The van der Waals surface area contributed by atoms with Gasteiger partial charge in [-0.25, -0.2) is 0 Å². The molecular weight excluding hydrogens is 298 g/mol. The summed E-state index contributed by atoms with van der Waals surface area (Å²) in [6.45, 7) is 1.96. The second-order valence-electron chi connectivity index (χ2n) is 5.85. The molecule has 0 radical (unpaired) electrons. The molecule has 5 heteroatoms. The normalized spacial score (nSPS) is 21.8. The maximum atomic E-state index is 12.6. The van der Waals surface area contributed by atoms with Crippen LogP contribution in [0.3, 0.4) is 0 Å². The summed E-state index contributed by atoms with van der Waals surface area (Å²) in [4.78, 5) is 13.3. The molecule has 2 N–H and O–H groups in total. The number of amides is 1. The van der Waals surface area contributed by atoms with Gasteiger partial charge in [0.15, 0.2) is 0 Å². The van der Waals surface area contributed by atoms with Crippen LogP contribution in [0.15, 0.2) is 18.2 Å². The zero-order valence-electron chi connectivity index (χ0n) is 12.9. The van der Waals surface area contributed by atoms with Crippen molar-refractivity contribution in [1.29, 1.82) is 0 Å². The lowest BCUT2D eigenvalue weighted by atomic mass is 9.92. The van der Waals surface area contributed by atoms with Crippen molar-refractivity contribution in [3.8, 4) is 5.75 Å². The van der Waals surface area contributed by atoms with Crippen LogP contribution < -0.4 is 10.1 Å². The van der Waals surface area contributed by atoms with Crippen molar-refractivity contribution >= 4 is 27.3 Å². The van der Waals surface area contributed by atoms with E-state index in [0.717, 1.165) is 52.0 Å². The highest BCUT2D eigenvalue weighted by Gasteiger charge is 2.26. The van der Waals surface area contributed by atoms with Crippen LogP contribution in [0.4, 0.5) is 0 Å². The van der Waals surface area contributed by atoms with E-state index in [9.17, 15) is 9.90 Å². The lowest BCUT2D eigenvalue weighted by Crippen LogP contribution is -2.45. The summed E-state index contributed by atoms with van der Waals surface area (Å²) < 4.78 is 6.33. The van der Waals surface area contributed by atoms with Gasteiger partial charge in [-0.15, -0.1) is 11.3 Å². The number of hydrogen-bond donors (Lipinski definition) is 2. The van der Waals surface area contributed by atoms with E-state index in [1.165, 1.54) is 11.3 Å². The van der Waals surface area contributed by atoms with Crippen LogP contribution in [-0.2, 0) is 0 Å². The van der Waals surface area contributed by atoms with Crippen LogP contribution in [0.1, 0.15) is 40.9 Å². The molecule has 2 aromatic rings. The standard InChI is InChI=1S/C17H21NO3S/c1-10-12-9-11(21-2)7-8-15(12)22-16(10)17(20)18-13-5-3-4-6-14(13)19/h7-9,13-14,19H,3-6H2,1-2H3,(H,18,20). The van der Waals surface area contributed by atoms with Gasteiger partial charge >= 0.3 is 0 Å². The van der Waals surface area contributed by atoms with Gasteiger partial charge < -0.3 is 15.2 Å². The zero-order chi connectivity index (χ0) is 15.7. The van der Waals surface area contributed by atoms with Gasteiger partial charge in [-0.3, -0.25) is 4.79 Å². The lowest BCUT2D eigenvalue weighted by molar-refractivity contribution is 0.0720. The minimum atomic E-state index is -0.424. The Balaban J connectivity index is 1.86. The molecule has 1 aliphatic rings. The highest BCUT2D eigenvalue weighted by molar-refractivity contribution is 7.21. The van der Waals surface area contributed by atoms with E-state index >= 15 is 0 Å². The van der Waals surface area contributed by atoms with Crippen molar-refractivity contribution in [2.24, 2.45) is 0 Å². The Morgan fingerprint density at radius 2 is 2.14 bits per heavy atom. The van der Waals surface area contributed by atoms with Crippen LogP contribution in [-0.4, -0.2) is 30.3 Å². The SMILES string of the molecule is COc1ccc2sc(C(=O)NC3CCCCC3O)c(C)c2c1. The van der Waals surface area contributed by atoms with Crippen molar-refractivity contribution in [3.05, 3.63) is 28.6 Å². The van der Waals surface area contributed by atoms with Gasteiger partial charge in [0.05, 0.1) is 24.1 Å². The number of aliphatic hydroxyl groups is 1. The fourth-order valence-electron chi connectivity index (χ4n) is 3.06. The number of methoxy groups -OCH3 is 1. The number of aliphatic hydroxyl groups excluding tert-OH is 1. The molecule has 22 heavy (non-hydrogen) atoms. The first-order valence-electron chi connectivity index (χ1n) is 7.66. The molecule has 2 unspecified atom stereocenters. The number of rotatable bonds is 3. The number of fused-ring (bicyclic) bond motifs is 1. The summed E-state index contributed by atoms with van der Waals surface area (Å²) >= 11 is 1.49.